The van der Waals surface area contributed by atoms with E-state index in [1.54, 1.807) is 0 Å². The molecule has 17 heavy (non-hydrogen) atoms. The molecule has 0 saturated carbocycles. The van der Waals surface area contributed by atoms with Crippen LogP contribution in [0, 0.1) is 0 Å². The van der Waals surface area contributed by atoms with Crippen LogP contribution in [-0.4, -0.2) is 18.1 Å². The maximum atomic E-state index is 4.15. The van der Waals surface area contributed by atoms with Gasteiger partial charge in [0.25, 0.3) is 0 Å². The van der Waals surface area contributed by atoms with Crippen LogP contribution < -0.4 is 5.32 Å². The van der Waals surface area contributed by atoms with Crippen molar-refractivity contribution >= 4 is 0 Å². The molecular formula is C15H16N2. The summed E-state index contributed by atoms with van der Waals surface area (Å²) in [5.41, 5.74) is 3.87. The van der Waals surface area contributed by atoms with Gasteiger partial charge < -0.3 is 5.32 Å². The number of pyridine rings is 1. The van der Waals surface area contributed by atoms with E-state index in [-0.39, 0.29) is 0 Å². The second-order valence-corrected chi connectivity index (χ2v) is 4.55. The molecule has 1 atom stereocenters. The van der Waals surface area contributed by atoms with Crippen LogP contribution in [-0.2, 0) is 0 Å². The van der Waals surface area contributed by atoms with E-state index in [0.717, 1.165) is 13.1 Å². The first kappa shape index (κ1) is 10.5. The van der Waals surface area contributed by atoms with Crippen LogP contribution in [0.1, 0.15) is 17.9 Å². The predicted octanol–water partition coefficient (Wildman–Crippen LogP) is 2.83. The highest BCUT2D eigenvalue weighted by atomic mass is 14.9. The molecular weight excluding hydrogens is 208 g/mol. The standard InChI is InChI=1S/C15H16N2/c1-2-14(10-16-8-1)12-3-5-13(6-4-12)15-7-9-17-11-15/h1-6,8,10,15,17H,7,9,11H2. The molecule has 2 aromatic rings. The first-order valence-electron chi connectivity index (χ1n) is 6.14. The maximum Gasteiger partial charge on any atom is 0.0346 e. The van der Waals surface area contributed by atoms with Gasteiger partial charge in [0.2, 0.25) is 0 Å². The van der Waals surface area contributed by atoms with Crippen molar-refractivity contribution in [3.8, 4) is 11.1 Å². The van der Waals surface area contributed by atoms with Crippen LogP contribution >= 0.6 is 0 Å². The molecule has 0 aliphatic carbocycles. The van der Waals surface area contributed by atoms with Gasteiger partial charge in [0, 0.05) is 18.9 Å². The largest absolute Gasteiger partial charge is 0.316 e. The molecule has 1 saturated heterocycles. The summed E-state index contributed by atoms with van der Waals surface area (Å²) in [5, 5.41) is 3.41. The zero-order chi connectivity index (χ0) is 11.5. The minimum absolute atomic E-state index is 0.693. The number of hydrogen-bond donors (Lipinski definition) is 1. The Bertz CT molecular complexity index is 470. The van der Waals surface area contributed by atoms with Gasteiger partial charge in [0.05, 0.1) is 0 Å². The fourth-order valence-electron chi connectivity index (χ4n) is 2.42. The summed E-state index contributed by atoms with van der Waals surface area (Å²) in [6, 6.07) is 13.0. The number of rotatable bonds is 2. The Morgan fingerprint density at radius 3 is 2.59 bits per heavy atom. The molecule has 86 valence electrons. The molecule has 3 rings (SSSR count). The molecule has 1 aliphatic rings. The highest BCUT2D eigenvalue weighted by molar-refractivity contribution is 5.62. The second kappa shape index (κ2) is 4.68. The summed E-state index contributed by atoms with van der Waals surface area (Å²) in [6.07, 6.45) is 4.97. The summed E-state index contributed by atoms with van der Waals surface area (Å²) in [7, 11) is 0. The van der Waals surface area contributed by atoms with Crippen LogP contribution in [0.5, 0.6) is 0 Å². The Morgan fingerprint density at radius 1 is 1.06 bits per heavy atom. The lowest BCUT2D eigenvalue weighted by molar-refractivity contribution is 0.763. The van der Waals surface area contributed by atoms with Gasteiger partial charge in [-0.25, -0.2) is 0 Å². The zero-order valence-electron chi connectivity index (χ0n) is 9.76. The molecule has 1 aromatic carbocycles. The van der Waals surface area contributed by atoms with Gasteiger partial charge in [-0.05, 0) is 41.6 Å². The zero-order valence-corrected chi connectivity index (χ0v) is 9.76. The Hall–Kier alpha value is -1.67. The van der Waals surface area contributed by atoms with Crippen LogP contribution in [0.15, 0.2) is 48.8 Å². The molecule has 0 spiro atoms. The number of nitrogens with zero attached hydrogens (tertiary/aromatic N) is 1. The predicted molar refractivity (Wildman–Crippen MR) is 69.9 cm³/mol. The monoisotopic (exact) mass is 224 g/mol. The summed E-state index contributed by atoms with van der Waals surface area (Å²) < 4.78 is 0. The van der Waals surface area contributed by atoms with Crippen molar-refractivity contribution in [3.63, 3.8) is 0 Å². The Morgan fingerprint density at radius 2 is 1.94 bits per heavy atom. The summed E-state index contributed by atoms with van der Waals surface area (Å²) >= 11 is 0. The topological polar surface area (TPSA) is 24.9 Å². The molecule has 1 N–H and O–H groups in total. The van der Waals surface area contributed by atoms with Gasteiger partial charge in [-0.15, -0.1) is 0 Å². The van der Waals surface area contributed by atoms with Gasteiger partial charge in [-0.3, -0.25) is 4.98 Å². The van der Waals surface area contributed by atoms with E-state index in [1.807, 2.05) is 18.5 Å². The average Bonchev–Trinajstić information content (AvgIpc) is 2.94. The minimum atomic E-state index is 0.693. The molecule has 2 heterocycles. The Labute approximate surface area is 102 Å². The van der Waals surface area contributed by atoms with Crippen molar-refractivity contribution in [2.75, 3.05) is 13.1 Å². The molecule has 2 heteroatoms. The van der Waals surface area contributed by atoms with E-state index in [1.165, 1.54) is 23.1 Å². The van der Waals surface area contributed by atoms with Crippen molar-refractivity contribution in [3.05, 3.63) is 54.4 Å². The SMILES string of the molecule is c1cncc(-c2ccc(C3CCNC3)cc2)c1. The third-order valence-corrected chi connectivity index (χ3v) is 3.44. The lowest BCUT2D eigenvalue weighted by Crippen LogP contribution is -2.07. The quantitative estimate of drug-likeness (QED) is 0.848. The van der Waals surface area contributed by atoms with Gasteiger partial charge >= 0.3 is 0 Å². The molecule has 1 aliphatic heterocycles. The van der Waals surface area contributed by atoms with Gasteiger partial charge in [0.15, 0.2) is 0 Å². The highest BCUT2D eigenvalue weighted by Gasteiger charge is 2.15. The summed E-state index contributed by atoms with van der Waals surface area (Å²) in [4.78, 5) is 4.15. The maximum absolute atomic E-state index is 4.15. The van der Waals surface area contributed by atoms with E-state index in [4.69, 9.17) is 0 Å². The second-order valence-electron chi connectivity index (χ2n) is 4.55. The minimum Gasteiger partial charge on any atom is -0.316 e. The normalized spacial score (nSPS) is 19.4. The van der Waals surface area contributed by atoms with Crippen molar-refractivity contribution in [1.82, 2.24) is 10.3 Å². The van der Waals surface area contributed by atoms with Crippen molar-refractivity contribution in [2.45, 2.75) is 12.3 Å². The smallest absolute Gasteiger partial charge is 0.0346 e. The average molecular weight is 224 g/mol. The van der Waals surface area contributed by atoms with E-state index >= 15 is 0 Å². The van der Waals surface area contributed by atoms with Crippen molar-refractivity contribution in [1.29, 1.82) is 0 Å². The molecule has 0 amide bonds. The number of aromatic nitrogens is 1. The first-order valence-corrected chi connectivity index (χ1v) is 6.14. The van der Waals surface area contributed by atoms with Crippen molar-refractivity contribution in [2.24, 2.45) is 0 Å². The first-order chi connectivity index (χ1) is 8.43. The fraction of sp³-hybridized carbons (Fsp3) is 0.267. The third-order valence-electron chi connectivity index (χ3n) is 3.44. The van der Waals surface area contributed by atoms with Crippen molar-refractivity contribution < 1.29 is 0 Å². The molecule has 1 fully saturated rings. The number of hydrogen-bond acceptors (Lipinski definition) is 2. The molecule has 1 aromatic heterocycles. The Kier molecular flexibility index (Phi) is 2.88. The fourth-order valence-corrected chi connectivity index (χ4v) is 2.42. The van der Waals surface area contributed by atoms with Gasteiger partial charge in [-0.1, -0.05) is 30.3 Å². The number of benzene rings is 1. The van der Waals surface area contributed by atoms with E-state index in [9.17, 15) is 0 Å². The number of nitrogens with one attached hydrogen (secondary N) is 1. The lowest BCUT2D eigenvalue weighted by atomic mass is 9.96. The highest BCUT2D eigenvalue weighted by Crippen LogP contribution is 2.25. The van der Waals surface area contributed by atoms with Crippen LogP contribution in [0.25, 0.3) is 11.1 Å². The van der Waals surface area contributed by atoms with Crippen LogP contribution in [0.3, 0.4) is 0 Å². The van der Waals surface area contributed by atoms with E-state index < -0.39 is 0 Å². The molecule has 2 nitrogen and oxygen atoms in total. The third kappa shape index (κ3) is 2.22. The van der Waals surface area contributed by atoms with Gasteiger partial charge in [0.1, 0.15) is 0 Å². The molecule has 1 unspecified atom stereocenters. The molecule has 0 radical (unpaired) electrons. The summed E-state index contributed by atoms with van der Waals surface area (Å²) in [5.74, 6) is 0.693. The van der Waals surface area contributed by atoms with Gasteiger partial charge in [-0.2, -0.15) is 0 Å². The molecule has 0 bridgehead atoms. The summed E-state index contributed by atoms with van der Waals surface area (Å²) in [6.45, 7) is 2.27. The van der Waals surface area contributed by atoms with E-state index in [0.29, 0.717) is 5.92 Å². The lowest BCUT2D eigenvalue weighted by Gasteiger charge is -2.09. The Balaban J connectivity index is 1.85. The van der Waals surface area contributed by atoms with Crippen LogP contribution in [0.4, 0.5) is 0 Å². The van der Waals surface area contributed by atoms with Crippen LogP contribution in [0.2, 0.25) is 0 Å². The van der Waals surface area contributed by atoms with E-state index in [2.05, 4.69) is 40.6 Å².